The lowest BCUT2D eigenvalue weighted by Crippen LogP contribution is -2.19. The molecule has 0 saturated heterocycles. The van der Waals surface area contributed by atoms with Crippen LogP contribution < -0.4 is 5.32 Å². The highest BCUT2D eigenvalue weighted by Gasteiger charge is 2.30. The number of tetrazole rings is 1. The molecule has 142 valence electrons. The Morgan fingerprint density at radius 1 is 1.26 bits per heavy atom. The number of thiazole rings is 1. The summed E-state index contributed by atoms with van der Waals surface area (Å²) in [5.41, 5.74) is 1.35. The fourth-order valence-corrected chi connectivity index (χ4v) is 3.73. The van der Waals surface area contributed by atoms with E-state index in [0.29, 0.717) is 26.8 Å². The molecule has 27 heavy (non-hydrogen) atoms. The summed E-state index contributed by atoms with van der Waals surface area (Å²) in [6, 6.07) is 9.06. The Morgan fingerprint density at radius 3 is 2.78 bits per heavy atom. The normalized spacial score (nSPS) is 11.5. The molecular weight excluding hydrogens is 401 g/mol. The summed E-state index contributed by atoms with van der Waals surface area (Å²) in [6.07, 6.45) is -4.28. The zero-order valence-corrected chi connectivity index (χ0v) is 15.3. The predicted octanol–water partition coefficient (Wildman–Crippen LogP) is 3.17. The number of halogens is 3. The van der Waals surface area contributed by atoms with E-state index in [1.807, 2.05) is 18.2 Å². The van der Waals surface area contributed by atoms with E-state index in [1.54, 1.807) is 17.5 Å². The van der Waals surface area contributed by atoms with Gasteiger partial charge in [-0.05, 0) is 22.6 Å². The summed E-state index contributed by atoms with van der Waals surface area (Å²) < 4.78 is 38.1. The molecule has 0 radical (unpaired) electrons. The van der Waals surface area contributed by atoms with Crippen LogP contribution in [0.5, 0.6) is 0 Å². The number of para-hydroxylation sites is 1. The summed E-state index contributed by atoms with van der Waals surface area (Å²) in [6.45, 7) is -1.25. The van der Waals surface area contributed by atoms with E-state index in [-0.39, 0.29) is 17.5 Å². The summed E-state index contributed by atoms with van der Waals surface area (Å²) in [7, 11) is 0. The van der Waals surface area contributed by atoms with Gasteiger partial charge in [0.25, 0.3) is 0 Å². The highest BCUT2D eigenvalue weighted by atomic mass is 32.2. The largest absolute Gasteiger partial charge is 0.408 e. The summed E-state index contributed by atoms with van der Waals surface area (Å²) in [4.78, 5) is 16.4. The van der Waals surface area contributed by atoms with E-state index in [1.165, 1.54) is 11.3 Å². The standard InChI is InChI=1S/C15H13F3N6OS2/c16-15(17,18)9-24-14(21-22-23-24)27-8-11-7-26-13(20-11)6-12(25)19-10-4-2-1-3-5-10/h1-5,7H,6,8-9H2,(H,19,25). The van der Waals surface area contributed by atoms with Crippen LogP contribution in [0.1, 0.15) is 10.7 Å². The fraction of sp³-hybridized carbons (Fsp3) is 0.267. The molecule has 0 fully saturated rings. The first kappa shape index (κ1) is 19.3. The van der Waals surface area contributed by atoms with Crippen molar-refractivity contribution >= 4 is 34.7 Å². The molecule has 2 heterocycles. The number of thioether (sulfide) groups is 1. The zero-order valence-electron chi connectivity index (χ0n) is 13.7. The Balaban J connectivity index is 1.53. The Kier molecular flexibility index (Phi) is 6.06. The number of benzene rings is 1. The van der Waals surface area contributed by atoms with Crippen LogP contribution in [0.2, 0.25) is 0 Å². The summed E-state index contributed by atoms with van der Waals surface area (Å²) in [5, 5.41) is 15.4. The van der Waals surface area contributed by atoms with Crippen LogP contribution in [0.25, 0.3) is 0 Å². The van der Waals surface area contributed by atoms with Crippen LogP contribution in [-0.4, -0.2) is 37.3 Å². The number of anilines is 1. The summed E-state index contributed by atoms with van der Waals surface area (Å²) in [5.74, 6) is 0.110. The molecule has 7 nitrogen and oxygen atoms in total. The lowest BCUT2D eigenvalue weighted by molar-refractivity contribution is -0.144. The van der Waals surface area contributed by atoms with E-state index in [0.717, 1.165) is 11.8 Å². The van der Waals surface area contributed by atoms with E-state index in [2.05, 4.69) is 25.8 Å². The van der Waals surface area contributed by atoms with Gasteiger partial charge >= 0.3 is 6.18 Å². The van der Waals surface area contributed by atoms with Gasteiger partial charge in [0.05, 0.1) is 12.1 Å². The second-order valence-corrected chi connectivity index (χ2v) is 7.23. The molecule has 1 aromatic carbocycles. The maximum Gasteiger partial charge on any atom is 0.408 e. The molecule has 12 heteroatoms. The van der Waals surface area contributed by atoms with Crippen molar-refractivity contribution in [1.82, 2.24) is 25.2 Å². The molecule has 0 unspecified atom stereocenters. The van der Waals surface area contributed by atoms with Gasteiger partial charge in [0.1, 0.15) is 11.6 Å². The lowest BCUT2D eigenvalue weighted by Gasteiger charge is -2.06. The van der Waals surface area contributed by atoms with Crippen LogP contribution in [0.4, 0.5) is 18.9 Å². The number of nitrogens with zero attached hydrogens (tertiary/aromatic N) is 5. The first-order valence-electron chi connectivity index (χ1n) is 7.63. The van der Waals surface area contributed by atoms with Gasteiger partial charge < -0.3 is 5.32 Å². The quantitative estimate of drug-likeness (QED) is 0.598. The van der Waals surface area contributed by atoms with Gasteiger partial charge in [-0.1, -0.05) is 30.0 Å². The van der Waals surface area contributed by atoms with Crippen molar-refractivity contribution in [3.8, 4) is 0 Å². The highest BCUT2D eigenvalue weighted by molar-refractivity contribution is 7.98. The van der Waals surface area contributed by atoms with Gasteiger partial charge in [0.2, 0.25) is 11.1 Å². The number of aromatic nitrogens is 5. The molecule has 0 aliphatic rings. The van der Waals surface area contributed by atoms with Crippen molar-refractivity contribution in [2.75, 3.05) is 5.32 Å². The first-order valence-corrected chi connectivity index (χ1v) is 9.49. The Labute approximate surface area is 160 Å². The molecule has 0 aliphatic carbocycles. The number of carbonyl (C=O) groups is 1. The predicted molar refractivity (Wildman–Crippen MR) is 94.3 cm³/mol. The maximum atomic E-state index is 12.5. The summed E-state index contributed by atoms with van der Waals surface area (Å²) >= 11 is 2.37. The van der Waals surface area contributed by atoms with E-state index in [4.69, 9.17) is 0 Å². The highest BCUT2D eigenvalue weighted by Crippen LogP contribution is 2.24. The van der Waals surface area contributed by atoms with Crippen molar-refractivity contribution in [3.63, 3.8) is 0 Å². The topological polar surface area (TPSA) is 85.6 Å². The van der Waals surface area contributed by atoms with Gasteiger partial charge in [0, 0.05) is 16.8 Å². The third kappa shape index (κ3) is 6.03. The number of hydrogen-bond donors (Lipinski definition) is 1. The SMILES string of the molecule is O=C(Cc1nc(CSc2nnnn2CC(F)(F)F)cs1)Nc1ccccc1. The molecule has 0 saturated carbocycles. The van der Waals surface area contributed by atoms with Gasteiger partial charge in [-0.3, -0.25) is 4.79 Å². The van der Waals surface area contributed by atoms with Gasteiger partial charge in [-0.15, -0.1) is 16.4 Å². The van der Waals surface area contributed by atoms with Crippen LogP contribution in [0, 0.1) is 0 Å². The van der Waals surface area contributed by atoms with Crippen LogP contribution in [-0.2, 0) is 23.5 Å². The third-order valence-electron chi connectivity index (χ3n) is 3.15. The Morgan fingerprint density at radius 2 is 2.04 bits per heavy atom. The van der Waals surface area contributed by atoms with Crippen molar-refractivity contribution in [2.24, 2.45) is 0 Å². The van der Waals surface area contributed by atoms with Crippen molar-refractivity contribution in [3.05, 3.63) is 46.4 Å². The van der Waals surface area contributed by atoms with Crippen molar-refractivity contribution < 1.29 is 18.0 Å². The van der Waals surface area contributed by atoms with Crippen LogP contribution >= 0.6 is 23.1 Å². The zero-order chi connectivity index (χ0) is 19.3. The number of hydrogen-bond acceptors (Lipinski definition) is 7. The number of carbonyl (C=O) groups excluding carboxylic acids is 1. The van der Waals surface area contributed by atoms with Crippen LogP contribution in [0.3, 0.4) is 0 Å². The number of amides is 1. The molecule has 0 atom stereocenters. The van der Waals surface area contributed by atoms with Gasteiger partial charge in [0.15, 0.2) is 0 Å². The molecule has 3 aromatic rings. The minimum absolute atomic E-state index is 0.0590. The molecule has 1 amide bonds. The molecule has 3 rings (SSSR count). The average Bonchev–Trinajstić information content (AvgIpc) is 3.21. The number of nitrogens with one attached hydrogen (secondary N) is 1. The number of rotatable bonds is 7. The maximum absolute atomic E-state index is 12.5. The van der Waals surface area contributed by atoms with E-state index < -0.39 is 12.7 Å². The minimum Gasteiger partial charge on any atom is -0.326 e. The number of alkyl halides is 3. The third-order valence-corrected chi connectivity index (χ3v) is 5.03. The monoisotopic (exact) mass is 414 g/mol. The van der Waals surface area contributed by atoms with E-state index >= 15 is 0 Å². The Hall–Kier alpha value is -2.47. The molecule has 0 bridgehead atoms. The first-order chi connectivity index (χ1) is 12.9. The average molecular weight is 414 g/mol. The fourth-order valence-electron chi connectivity index (χ4n) is 2.07. The molecule has 0 spiro atoms. The lowest BCUT2D eigenvalue weighted by atomic mass is 10.3. The molecule has 1 N–H and O–H groups in total. The smallest absolute Gasteiger partial charge is 0.326 e. The van der Waals surface area contributed by atoms with Crippen LogP contribution in [0.15, 0.2) is 40.9 Å². The second-order valence-electron chi connectivity index (χ2n) is 5.35. The van der Waals surface area contributed by atoms with Crippen molar-refractivity contribution in [1.29, 1.82) is 0 Å². The van der Waals surface area contributed by atoms with Gasteiger partial charge in [-0.2, -0.15) is 13.2 Å². The van der Waals surface area contributed by atoms with Crippen molar-refractivity contribution in [2.45, 2.75) is 30.1 Å². The minimum atomic E-state index is -4.40. The molecular formula is C15H13F3N6OS2. The second kappa shape index (κ2) is 8.48. The van der Waals surface area contributed by atoms with Gasteiger partial charge in [-0.25, -0.2) is 9.67 Å². The van der Waals surface area contributed by atoms with E-state index in [9.17, 15) is 18.0 Å². The Bertz CT molecular complexity index is 896. The molecule has 0 aliphatic heterocycles. The molecule has 2 aromatic heterocycles.